The van der Waals surface area contributed by atoms with Gasteiger partial charge in [0.25, 0.3) is 5.91 Å². The number of nitrogens with zero attached hydrogens (tertiary/aromatic N) is 3. The first-order valence-electron chi connectivity index (χ1n) is 6.57. The number of nitrogens with one attached hydrogen (secondary N) is 2. The van der Waals surface area contributed by atoms with E-state index >= 15 is 0 Å². The average Bonchev–Trinajstić information content (AvgIpc) is 2.89. The van der Waals surface area contributed by atoms with Crippen molar-refractivity contribution >= 4 is 23.3 Å². The standard InChI is InChI=1S/C13H16ClN5O2/c1-3-4-15-12-10(14)5-9(6-16-12)13(20)17-7-11-18-8(2)21-19-11/h5-6H,3-4,7H2,1-2H3,(H,15,16)(H,17,20). The van der Waals surface area contributed by atoms with Gasteiger partial charge in [0.1, 0.15) is 5.82 Å². The lowest BCUT2D eigenvalue weighted by Gasteiger charge is -2.08. The van der Waals surface area contributed by atoms with Crippen LogP contribution in [0.3, 0.4) is 0 Å². The lowest BCUT2D eigenvalue weighted by Crippen LogP contribution is -2.23. The molecule has 0 radical (unpaired) electrons. The molecule has 0 saturated carbocycles. The Balaban J connectivity index is 1.97. The topological polar surface area (TPSA) is 92.9 Å². The number of aryl methyl sites for hydroxylation is 1. The maximum Gasteiger partial charge on any atom is 0.253 e. The number of pyridine rings is 1. The summed E-state index contributed by atoms with van der Waals surface area (Å²) in [7, 11) is 0. The fourth-order valence-electron chi connectivity index (χ4n) is 1.61. The molecule has 0 saturated heterocycles. The normalized spacial score (nSPS) is 10.4. The van der Waals surface area contributed by atoms with Crippen LogP contribution < -0.4 is 10.6 Å². The van der Waals surface area contributed by atoms with Crippen LogP contribution in [0, 0.1) is 6.92 Å². The molecule has 2 N–H and O–H groups in total. The monoisotopic (exact) mass is 309 g/mol. The van der Waals surface area contributed by atoms with Crippen LogP contribution in [0.5, 0.6) is 0 Å². The van der Waals surface area contributed by atoms with Gasteiger partial charge in [-0.15, -0.1) is 0 Å². The second-order valence-corrected chi connectivity index (χ2v) is 4.80. The van der Waals surface area contributed by atoms with Crippen molar-refractivity contribution in [1.29, 1.82) is 0 Å². The maximum atomic E-state index is 12.0. The Morgan fingerprint density at radius 3 is 2.90 bits per heavy atom. The summed E-state index contributed by atoms with van der Waals surface area (Å²) in [5.41, 5.74) is 0.377. The Kier molecular flexibility index (Phi) is 5.10. The number of amides is 1. The van der Waals surface area contributed by atoms with Gasteiger partial charge in [0.05, 0.1) is 17.1 Å². The second kappa shape index (κ2) is 7.03. The molecule has 7 nitrogen and oxygen atoms in total. The van der Waals surface area contributed by atoms with Crippen LogP contribution >= 0.6 is 11.6 Å². The minimum atomic E-state index is -0.297. The number of aromatic nitrogens is 3. The largest absolute Gasteiger partial charge is 0.369 e. The molecular formula is C13H16ClN5O2. The van der Waals surface area contributed by atoms with Gasteiger partial charge in [-0.2, -0.15) is 4.98 Å². The number of hydrogen-bond acceptors (Lipinski definition) is 6. The highest BCUT2D eigenvalue weighted by Gasteiger charge is 2.11. The van der Waals surface area contributed by atoms with Gasteiger partial charge >= 0.3 is 0 Å². The first kappa shape index (κ1) is 15.2. The quantitative estimate of drug-likeness (QED) is 0.849. The first-order valence-corrected chi connectivity index (χ1v) is 6.94. The van der Waals surface area contributed by atoms with Crippen molar-refractivity contribution in [3.05, 3.63) is 34.6 Å². The SMILES string of the molecule is CCCNc1ncc(C(=O)NCc2noc(C)n2)cc1Cl. The Labute approximate surface area is 127 Å². The van der Waals surface area contributed by atoms with Crippen molar-refractivity contribution in [2.24, 2.45) is 0 Å². The zero-order valence-electron chi connectivity index (χ0n) is 11.8. The highest BCUT2D eigenvalue weighted by Crippen LogP contribution is 2.20. The molecule has 2 aromatic rings. The van der Waals surface area contributed by atoms with E-state index in [1.165, 1.54) is 6.20 Å². The van der Waals surface area contributed by atoms with Crippen LogP contribution in [0.1, 0.15) is 35.4 Å². The van der Waals surface area contributed by atoms with E-state index in [0.29, 0.717) is 28.1 Å². The third-order valence-corrected chi connectivity index (χ3v) is 2.91. The lowest BCUT2D eigenvalue weighted by atomic mass is 10.2. The summed E-state index contributed by atoms with van der Waals surface area (Å²) in [5.74, 6) is 1.15. The average molecular weight is 310 g/mol. The van der Waals surface area contributed by atoms with E-state index in [9.17, 15) is 4.79 Å². The molecule has 0 aromatic carbocycles. The van der Waals surface area contributed by atoms with Crippen LogP contribution in [-0.2, 0) is 6.54 Å². The highest BCUT2D eigenvalue weighted by molar-refractivity contribution is 6.33. The molecule has 1 amide bonds. The molecule has 21 heavy (non-hydrogen) atoms. The van der Waals surface area contributed by atoms with Gasteiger partial charge in [0, 0.05) is 19.7 Å². The van der Waals surface area contributed by atoms with E-state index in [4.69, 9.17) is 16.1 Å². The predicted octanol–water partition coefficient (Wildman–Crippen LogP) is 2.18. The van der Waals surface area contributed by atoms with Gasteiger partial charge in [-0.05, 0) is 12.5 Å². The summed E-state index contributed by atoms with van der Waals surface area (Å²) >= 11 is 6.09. The van der Waals surface area contributed by atoms with Crippen molar-refractivity contribution in [3.8, 4) is 0 Å². The summed E-state index contributed by atoms with van der Waals surface area (Å²) in [6.07, 6.45) is 2.44. The Bertz CT molecular complexity index is 629. The molecule has 0 spiro atoms. The lowest BCUT2D eigenvalue weighted by molar-refractivity contribution is 0.0949. The van der Waals surface area contributed by atoms with Gasteiger partial charge in [-0.1, -0.05) is 23.7 Å². The minimum absolute atomic E-state index is 0.184. The van der Waals surface area contributed by atoms with Crippen LogP contribution in [0.4, 0.5) is 5.82 Å². The Hall–Kier alpha value is -2.15. The molecule has 8 heteroatoms. The van der Waals surface area contributed by atoms with Crippen LogP contribution in [0.25, 0.3) is 0 Å². The number of halogens is 1. The molecule has 2 heterocycles. The molecule has 0 fully saturated rings. The van der Waals surface area contributed by atoms with Gasteiger partial charge in [-0.25, -0.2) is 4.98 Å². The van der Waals surface area contributed by atoms with Gasteiger partial charge in [0.2, 0.25) is 5.89 Å². The second-order valence-electron chi connectivity index (χ2n) is 4.39. The molecule has 0 aliphatic rings. The van der Waals surface area contributed by atoms with E-state index in [1.807, 2.05) is 6.92 Å². The molecule has 2 aromatic heterocycles. The molecule has 112 valence electrons. The van der Waals surface area contributed by atoms with E-state index in [1.54, 1.807) is 13.0 Å². The highest BCUT2D eigenvalue weighted by atomic mass is 35.5. The number of hydrogen-bond donors (Lipinski definition) is 2. The maximum absolute atomic E-state index is 12.0. The first-order chi connectivity index (χ1) is 10.1. The Morgan fingerprint density at radius 1 is 1.48 bits per heavy atom. The summed E-state index contributed by atoms with van der Waals surface area (Å²) in [5, 5.41) is 9.86. The summed E-state index contributed by atoms with van der Waals surface area (Å²) in [6, 6.07) is 1.57. The van der Waals surface area contributed by atoms with Crippen molar-refractivity contribution in [2.75, 3.05) is 11.9 Å². The van der Waals surface area contributed by atoms with Crippen molar-refractivity contribution < 1.29 is 9.32 Å². The molecule has 0 unspecified atom stereocenters. The van der Waals surface area contributed by atoms with Gasteiger partial charge in [-0.3, -0.25) is 4.79 Å². The third kappa shape index (κ3) is 4.16. The minimum Gasteiger partial charge on any atom is -0.369 e. The van der Waals surface area contributed by atoms with Gasteiger partial charge < -0.3 is 15.2 Å². The number of carbonyl (C=O) groups excluding carboxylic acids is 1. The molecule has 0 aliphatic heterocycles. The molecule has 0 aliphatic carbocycles. The van der Waals surface area contributed by atoms with Crippen LogP contribution in [0.15, 0.2) is 16.8 Å². The summed E-state index contributed by atoms with van der Waals surface area (Å²) in [6.45, 7) is 4.69. The molecule has 2 rings (SSSR count). The van der Waals surface area contributed by atoms with Crippen LogP contribution in [0.2, 0.25) is 5.02 Å². The smallest absolute Gasteiger partial charge is 0.253 e. The van der Waals surface area contributed by atoms with Crippen molar-refractivity contribution in [2.45, 2.75) is 26.8 Å². The third-order valence-electron chi connectivity index (χ3n) is 2.62. The fraction of sp³-hybridized carbons (Fsp3) is 0.385. The molecule has 0 atom stereocenters. The van der Waals surface area contributed by atoms with Crippen molar-refractivity contribution in [1.82, 2.24) is 20.4 Å². The van der Waals surface area contributed by atoms with Crippen molar-refractivity contribution in [3.63, 3.8) is 0 Å². The fourth-order valence-corrected chi connectivity index (χ4v) is 1.84. The van der Waals surface area contributed by atoms with E-state index in [-0.39, 0.29) is 12.5 Å². The van der Waals surface area contributed by atoms with E-state index in [0.717, 1.165) is 13.0 Å². The van der Waals surface area contributed by atoms with E-state index in [2.05, 4.69) is 25.8 Å². The summed E-state index contributed by atoms with van der Waals surface area (Å²) < 4.78 is 4.82. The summed E-state index contributed by atoms with van der Waals surface area (Å²) in [4.78, 5) is 20.1. The Morgan fingerprint density at radius 2 is 2.29 bits per heavy atom. The number of carbonyl (C=O) groups is 1. The molecular weight excluding hydrogens is 294 g/mol. The van der Waals surface area contributed by atoms with Gasteiger partial charge in [0.15, 0.2) is 5.82 Å². The number of anilines is 1. The number of rotatable bonds is 6. The zero-order valence-corrected chi connectivity index (χ0v) is 12.6. The molecule has 0 bridgehead atoms. The van der Waals surface area contributed by atoms with E-state index < -0.39 is 0 Å². The zero-order chi connectivity index (χ0) is 15.2. The van der Waals surface area contributed by atoms with Crippen LogP contribution in [-0.4, -0.2) is 27.6 Å². The predicted molar refractivity (Wildman–Crippen MR) is 78.2 cm³/mol.